The average molecular weight is 219 g/mol. The van der Waals surface area contributed by atoms with Crippen molar-refractivity contribution in [3.05, 3.63) is 35.4 Å². The second kappa shape index (κ2) is 4.98. The summed E-state index contributed by atoms with van der Waals surface area (Å²) in [5.74, 6) is 0.805. The molecule has 1 aromatic rings. The van der Waals surface area contributed by atoms with Gasteiger partial charge in [-0.15, -0.1) is 0 Å². The van der Waals surface area contributed by atoms with E-state index in [1.54, 1.807) is 0 Å². The number of aliphatic hydroxyl groups is 1. The first-order valence-electron chi connectivity index (χ1n) is 6.17. The zero-order valence-electron chi connectivity index (χ0n) is 10.1. The molecule has 1 atom stereocenters. The molecule has 2 heteroatoms. The number of rotatable bonds is 5. The third kappa shape index (κ3) is 2.83. The van der Waals surface area contributed by atoms with Crippen LogP contribution < -0.4 is 5.32 Å². The Hall–Kier alpha value is -0.860. The molecule has 1 aliphatic carbocycles. The molecule has 2 rings (SSSR count). The lowest BCUT2D eigenvalue weighted by Crippen LogP contribution is -2.30. The van der Waals surface area contributed by atoms with Gasteiger partial charge in [0.25, 0.3) is 0 Å². The second-order valence-corrected chi connectivity index (χ2v) is 5.00. The highest BCUT2D eigenvalue weighted by Crippen LogP contribution is 2.40. The van der Waals surface area contributed by atoms with Crippen LogP contribution in [0.25, 0.3) is 0 Å². The summed E-state index contributed by atoms with van der Waals surface area (Å²) in [6.07, 6.45) is 2.68. The van der Waals surface area contributed by atoms with Crippen molar-refractivity contribution in [1.82, 2.24) is 5.32 Å². The smallest absolute Gasteiger partial charge is 0.0626 e. The van der Waals surface area contributed by atoms with Crippen molar-refractivity contribution in [1.29, 1.82) is 0 Å². The fraction of sp³-hybridized carbons (Fsp3) is 0.571. The van der Waals surface area contributed by atoms with Gasteiger partial charge in [-0.1, -0.05) is 38.1 Å². The molecule has 0 radical (unpaired) electrons. The zero-order valence-corrected chi connectivity index (χ0v) is 10.1. The molecule has 0 aliphatic heterocycles. The van der Waals surface area contributed by atoms with Crippen LogP contribution in [0.1, 0.15) is 49.8 Å². The van der Waals surface area contributed by atoms with Crippen molar-refractivity contribution in [3.8, 4) is 0 Å². The molecule has 2 nitrogen and oxygen atoms in total. The van der Waals surface area contributed by atoms with Crippen LogP contribution in [0.4, 0.5) is 0 Å². The minimum absolute atomic E-state index is 0.0632. The van der Waals surface area contributed by atoms with Crippen LogP contribution in [-0.4, -0.2) is 17.8 Å². The van der Waals surface area contributed by atoms with Gasteiger partial charge in [0.15, 0.2) is 0 Å². The summed E-state index contributed by atoms with van der Waals surface area (Å²) in [5.41, 5.74) is 2.63. The van der Waals surface area contributed by atoms with E-state index in [4.69, 9.17) is 0 Å². The summed E-state index contributed by atoms with van der Waals surface area (Å²) in [6, 6.07) is 9.15. The Balaban J connectivity index is 2.05. The predicted molar refractivity (Wildman–Crippen MR) is 66.5 cm³/mol. The van der Waals surface area contributed by atoms with Crippen molar-refractivity contribution in [2.24, 2.45) is 0 Å². The quantitative estimate of drug-likeness (QED) is 0.798. The summed E-state index contributed by atoms with van der Waals surface area (Å²) in [4.78, 5) is 0. The second-order valence-electron chi connectivity index (χ2n) is 5.00. The van der Waals surface area contributed by atoms with Crippen molar-refractivity contribution in [3.63, 3.8) is 0 Å². The van der Waals surface area contributed by atoms with Crippen LogP contribution in [0.3, 0.4) is 0 Å². The van der Waals surface area contributed by atoms with E-state index in [0.717, 1.165) is 5.92 Å². The molecule has 1 saturated carbocycles. The van der Waals surface area contributed by atoms with Crippen LogP contribution in [0.2, 0.25) is 0 Å². The Labute approximate surface area is 97.7 Å². The lowest BCUT2D eigenvalue weighted by molar-refractivity contribution is 0.237. The fourth-order valence-corrected chi connectivity index (χ4v) is 2.07. The van der Waals surface area contributed by atoms with E-state index in [0.29, 0.717) is 6.04 Å². The summed E-state index contributed by atoms with van der Waals surface area (Å²) in [7, 11) is 0. The number of benzene rings is 1. The van der Waals surface area contributed by atoms with E-state index in [2.05, 4.69) is 43.4 Å². The highest BCUT2D eigenvalue weighted by Gasteiger charge is 2.23. The third-order valence-electron chi connectivity index (χ3n) is 3.10. The van der Waals surface area contributed by atoms with Crippen molar-refractivity contribution in [2.45, 2.75) is 44.7 Å². The Kier molecular flexibility index (Phi) is 3.62. The van der Waals surface area contributed by atoms with Crippen LogP contribution in [-0.2, 0) is 0 Å². The minimum Gasteiger partial charge on any atom is -0.394 e. The lowest BCUT2D eigenvalue weighted by Gasteiger charge is -2.19. The summed E-state index contributed by atoms with van der Waals surface area (Å²) in [6.45, 7) is 4.35. The van der Waals surface area contributed by atoms with Gasteiger partial charge in [0.1, 0.15) is 0 Å². The number of hydrogen-bond acceptors (Lipinski definition) is 2. The maximum absolute atomic E-state index is 9.36. The van der Waals surface area contributed by atoms with Crippen LogP contribution in [0.15, 0.2) is 24.3 Å². The molecule has 1 aromatic carbocycles. The maximum Gasteiger partial charge on any atom is 0.0626 e. The molecule has 1 aliphatic rings. The van der Waals surface area contributed by atoms with Gasteiger partial charge < -0.3 is 10.4 Å². The van der Waals surface area contributed by atoms with Gasteiger partial charge in [0.2, 0.25) is 0 Å². The Bertz CT molecular complexity index is 327. The number of nitrogens with one attached hydrogen (secondary N) is 1. The van der Waals surface area contributed by atoms with E-state index < -0.39 is 0 Å². The standard InChI is InChI=1S/C14H21NO/c1-10(2)15-14(9-16)13-7-5-12(6-8-13)11-3-4-11/h5-8,10-11,14-16H,3-4,9H2,1-2H3. The minimum atomic E-state index is 0.0632. The van der Waals surface area contributed by atoms with Gasteiger partial charge in [-0.05, 0) is 29.9 Å². The Morgan fingerprint density at radius 2 is 1.88 bits per heavy atom. The van der Waals surface area contributed by atoms with Crippen molar-refractivity contribution in [2.75, 3.05) is 6.61 Å². The summed E-state index contributed by atoms with van der Waals surface area (Å²) < 4.78 is 0. The molecule has 88 valence electrons. The van der Waals surface area contributed by atoms with Gasteiger partial charge in [0.05, 0.1) is 12.6 Å². The largest absolute Gasteiger partial charge is 0.394 e. The van der Waals surface area contributed by atoms with Gasteiger partial charge in [-0.3, -0.25) is 0 Å². The molecular weight excluding hydrogens is 198 g/mol. The first-order chi connectivity index (χ1) is 7.70. The predicted octanol–water partition coefficient (Wildman–Crippen LogP) is 2.60. The molecule has 2 N–H and O–H groups in total. The average Bonchev–Trinajstić information content (AvgIpc) is 3.10. The molecule has 1 unspecified atom stereocenters. The molecule has 16 heavy (non-hydrogen) atoms. The SMILES string of the molecule is CC(C)NC(CO)c1ccc(C2CC2)cc1. The third-order valence-corrected chi connectivity index (χ3v) is 3.10. The maximum atomic E-state index is 9.36. The van der Waals surface area contributed by atoms with Crippen LogP contribution in [0.5, 0.6) is 0 Å². The molecule has 1 fully saturated rings. The van der Waals surface area contributed by atoms with E-state index in [1.807, 2.05) is 0 Å². The topological polar surface area (TPSA) is 32.3 Å². The fourth-order valence-electron chi connectivity index (χ4n) is 2.07. The Morgan fingerprint density at radius 1 is 1.25 bits per heavy atom. The molecule has 0 amide bonds. The van der Waals surface area contributed by atoms with Gasteiger partial charge in [0, 0.05) is 6.04 Å². The normalized spacial score (nSPS) is 17.8. The molecular formula is C14H21NO. The molecule has 0 heterocycles. The molecule has 0 aromatic heterocycles. The number of hydrogen-bond donors (Lipinski definition) is 2. The lowest BCUT2D eigenvalue weighted by atomic mass is 10.0. The van der Waals surface area contributed by atoms with Gasteiger partial charge >= 0.3 is 0 Å². The summed E-state index contributed by atoms with van der Waals surface area (Å²) in [5, 5.41) is 12.7. The van der Waals surface area contributed by atoms with Gasteiger partial charge in [-0.25, -0.2) is 0 Å². The number of aliphatic hydroxyl groups excluding tert-OH is 1. The highest BCUT2D eigenvalue weighted by atomic mass is 16.3. The van der Waals surface area contributed by atoms with Crippen molar-refractivity contribution < 1.29 is 5.11 Å². The monoisotopic (exact) mass is 219 g/mol. The Morgan fingerprint density at radius 3 is 2.31 bits per heavy atom. The first kappa shape index (κ1) is 11.6. The zero-order chi connectivity index (χ0) is 11.5. The van der Waals surface area contributed by atoms with Crippen LogP contribution in [0, 0.1) is 0 Å². The van der Waals surface area contributed by atoms with Crippen molar-refractivity contribution >= 4 is 0 Å². The van der Waals surface area contributed by atoms with E-state index in [9.17, 15) is 5.11 Å². The highest BCUT2D eigenvalue weighted by molar-refractivity contribution is 5.29. The first-order valence-corrected chi connectivity index (χ1v) is 6.17. The molecule has 0 spiro atoms. The van der Waals surface area contributed by atoms with E-state index in [1.165, 1.54) is 24.0 Å². The van der Waals surface area contributed by atoms with E-state index in [-0.39, 0.29) is 12.6 Å². The van der Waals surface area contributed by atoms with E-state index >= 15 is 0 Å². The summed E-state index contributed by atoms with van der Waals surface area (Å²) >= 11 is 0. The molecule has 0 saturated heterocycles. The van der Waals surface area contributed by atoms with Gasteiger partial charge in [-0.2, -0.15) is 0 Å². The van der Waals surface area contributed by atoms with Crippen LogP contribution >= 0.6 is 0 Å². The molecule has 0 bridgehead atoms.